The van der Waals surface area contributed by atoms with E-state index in [0.29, 0.717) is 12.6 Å². The molecule has 0 spiro atoms. The molecule has 1 unspecified atom stereocenters. The van der Waals surface area contributed by atoms with Gasteiger partial charge in [-0.25, -0.2) is 13.6 Å². The number of rotatable bonds is 4. The second-order valence-electron chi connectivity index (χ2n) is 3.63. The molecule has 1 atom stereocenters. The summed E-state index contributed by atoms with van der Waals surface area (Å²) in [7, 11) is 0. The van der Waals surface area contributed by atoms with Gasteiger partial charge in [0.2, 0.25) is 0 Å². The van der Waals surface area contributed by atoms with Crippen LogP contribution in [-0.2, 0) is 0 Å². The van der Waals surface area contributed by atoms with Gasteiger partial charge in [-0.1, -0.05) is 6.92 Å². The molecule has 94 valence electrons. The van der Waals surface area contributed by atoms with Gasteiger partial charge in [-0.15, -0.1) is 0 Å². The van der Waals surface area contributed by atoms with Crippen LogP contribution in [0.2, 0.25) is 0 Å². The first-order chi connectivity index (χ1) is 8.02. The number of urea groups is 1. The van der Waals surface area contributed by atoms with Crippen molar-refractivity contribution in [3.05, 3.63) is 29.8 Å². The highest BCUT2D eigenvalue weighted by Crippen LogP contribution is 2.14. The molecule has 0 saturated carbocycles. The van der Waals surface area contributed by atoms with E-state index in [1.807, 2.05) is 6.92 Å². The maximum atomic E-state index is 13.2. The van der Waals surface area contributed by atoms with Gasteiger partial charge in [0.15, 0.2) is 0 Å². The molecule has 17 heavy (non-hydrogen) atoms. The Kier molecular flexibility index (Phi) is 4.84. The molecule has 0 aliphatic heterocycles. The summed E-state index contributed by atoms with van der Waals surface area (Å²) in [4.78, 5) is 11.3. The molecule has 0 fully saturated rings. The third-order valence-corrected chi connectivity index (χ3v) is 2.23. The van der Waals surface area contributed by atoms with Gasteiger partial charge in [-0.05, 0) is 18.6 Å². The van der Waals surface area contributed by atoms with Gasteiger partial charge in [-0.3, -0.25) is 0 Å². The van der Waals surface area contributed by atoms with Crippen LogP contribution in [-0.4, -0.2) is 18.6 Å². The van der Waals surface area contributed by atoms with Crippen LogP contribution in [0.5, 0.6) is 0 Å². The molecule has 1 aromatic carbocycles. The van der Waals surface area contributed by atoms with Gasteiger partial charge < -0.3 is 16.4 Å². The zero-order valence-electron chi connectivity index (χ0n) is 9.47. The predicted octanol–water partition coefficient (Wildman–Crippen LogP) is 1.82. The number of hydrogen-bond acceptors (Lipinski definition) is 2. The molecule has 1 aromatic rings. The molecular weight excluding hydrogens is 228 g/mol. The number of nitrogens with one attached hydrogen (secondary N) is 2. The Balaban J connectivity index is 2.50. The third kappa shape index (κ3) is 4.36. The fraction of sp³-hybridized carbons (Fsp3) is 0.364. The summed E-state index contributed by atoms with van der Waals surface area (Å²) in [5.41, 5.74) is 5.52. The number of carbonyl (C=O) groups is 1. The van der Waals surface area contributed by atoms with Crippen LogP contribution in [0.4, 0.5) is 19.3 Å². The fourth-order valence-corrected chi connectivity index (χ4v) is 1.13. The Bertz CT molecular complexity index is 398. The summed E-state index contributed by atoms with van der Waals surface area (Å²) in [6.45, 7) is 2.19. The first kappa shape index (κ1) is 13.4. The lowest BCUT2D eigenvalue weighted by molar-refractivity contribution is 0.251. The molecule has 0 saturated heterocycles. The molecule has 1 rings (SSSR count). The van der Waals surface area contributed by atoms with Gasteiger partial charge >= 0.3 is 6.03 Å². The highest BCUT2D eigenvalue weighted by atomic mass is 19.1. The molecule has 0 aliphatic carbocycles. The third-order valence-electron chi connectivity index (χ3n) is 2.23. The summed E-state index contributed by atoms with van der Waals surface area (Å²) < 4.78 is 25.8. The topological polar surface area (TPSA) is 67.1 Å². The Labute approximate surface area is 98.2 Å². The van der Waals surface area contributed by atoms with E-state index in [1.54, 1.807) is 0 Å². The Morgan fingerprint density at radius 1 is 1.47 bits per heavy atom. The number of carbonyl (C=O) groups excluding carboxylic acids is 1. The highest BCUT2D eigenvalue weighted by molar-refractivity contribution is 5.89. The largest absolute Gasteiger partial charge is 0.336 e. The molecule has 0 heterocycles. The van der Waals surface area contributed by atoms with Crippen molar-refractivity contribution in [2.75, 3.05) is 11.9 Å². The number of hydrogen-bond donors (Lipinski definition) is 3. The van der Waals surface area contributed by atoms with Crippen molar-refractivity contribution in [3.63, 3.8) is 0 Å². The van der Waals surface area contributed by atoms with E-state index >= 15 is 0 Å². The van der Waals surface area contributed by atoms with Crippen LogP contribution in [0.25, 0.3) is 0 Å². The van der Waals surface area contributed by atoms with E-state index in [9.17, 15) is 13.6 Å². The molecule has 6 heteroatoms. The lowest BCUT2D eigenvalue weighted by Gasteiger charge is -2.11. The first-order valence-electron chi connectivity index (χ1n) is 5.28. The van der Waals surface area contributed by atoms with Crippen LogP contribution in [0.15, 0.2) is 18.2 Å². The van der Waals surface area contributed by atoms with Gasteiger partial charge in [0.1, 0.15) is 11.6 Å². The SMILES string of the molecule is CCC(N)CNC(=O)Nc1ccc(F)cc1F. The Hall–Kier alpha value is -1.69. The van der Waals surface area contributed by atoms with Crippen molar-refractivity contribution in [2.45, 2.75) is 19.4 Å². The highest BCUT2D eigenvalue weighted by Gasteiger charge is 2.08. The van der Waals surface area contributed by atoms with E-state index in [-0.39, 0.29) is 11.7 Å². The predicted molar refractivity (Wildman–Crippen MR) is 61.6 cm³/mol. The van der Waals surface area contributed by atoms with E-state index in [4.69, 9.17) is 5.73 Å². The lowest BCUT2D eigenvalue weighted by Crippen LogP contribution is -2.39. The number of anilines is 1. The van der Waals surface area contributed by atoms with Crippen molar-refractivity contribution >= 4 is 11.7 Å². The van der Waals surface area contributed by atoms with Crippen LogP contribution in [0.1, 0.15) is 13.3 Å². The molecule has 0 aromatic heterocycles. The number of benzene rings is 1. The van der Waals surface area contributed by atoms with E-state index in [1.165, 1.54) is 0 Å². The molecule has 4 nitrogen and oxygen atoms in total. The monoisotopic (exact) mass is 243 g/mol. The standard InChI is InChI=1S/C11H15F2N3O/c1-2-8(14)6-15-11(17)16-10-4-3-7(12)5-9(10)13/h3-5,8H,2,6,14H2,1H3,(H2,15,16,17). The summed E-state index contributed by atoms with van der Waals surface area (Å²) in [5.74, 6) is -1.51. The average Bonchev–Trinajstić information content (AvgIpc) is 2.29. The summed E-state index contributed by atoms with van der Waals surface area (Å²) >= 11 is 0. The zero-order chi connectivity index (χ0) is 12.8. The molecule has 4 N–H and O–H groups in total. The van der Waals surface area contributed by atoms with Crippen LogP contribution in [0, 0.1) is 11.6 Å². The minimum atomic E-state index is -0.820. The molecule has 0 bridgehead atoms. The maximum absolute atomic E-state index is 13.2. The maximum Gasteiger partial charge on any atom is 0.319 e. The van der Waals surface area contributed by atoms with Crippen molar-refractivity contribution < 1.29 is 13.6 Å². The summed E-state index contributed by atoms with van der Waals surface area (Å²) in [5, 5.41) is 4.76. The summed E-state index contributed by atoms with van der Waals surface area (Å²) in [6, 6.07) is 2.21. The smallest absolute Gasteiger partial charge is 0.319 e. The van der Waals surface area contributed by atoms with Crippen molar-refractivity contribution in [1.29, 1.82) is 0 Å². The van der Waals surface area contributed by atoms with Crippen molar-refractivity contribution in [2.24, 2.45) is 5.73 Å². The van der Waals surface area contributed by atoms with E-state index < -0.39 is 17.7 Å². The van der Waals surface area contributed by atoms with Crippen LogP contribution in [0.3, 0.4) is 0 Å². The minimum Gasteiger partial charge on any atom is -0.336 e. The van der Waals surface area contributed by atoms with Crippen molar-refractivity contribution in [1.82, 2.24) is 5.32 Å². The first-order valence-corrected chi connectivity index (χ1v) is 5.28. The average molecular weight is 243 g/mol. The summed E-state index contributed by atoms with van der Waals surface area (Å²) in [6.07, 6.45) is 0.727. The number of amides is 2. The second-order valence-corrected chi connectivity index (χ2v) is 3.63. The van der Waals surface area contributed by atoms with Crippen molar-refractivity contribution in [3.8, 4) is 0 Å². The van der Waals surface area contributed by atoms with Gasteiger partial charge in [-0.2, -0.15) is 0 Å². The van der Waals surface area contributed by atoms with E-state index in [0.717, 1.165) is 18.6 Å². The van der Waals surface area contributed by atoms with Gasteiger partial charge in [0.05, 0.1) is 5.69 Å². The Morgan fingerprint density at radius 3 is 2.76 bits per heavy atom. The fourth-order valence-electron chi connectivity index (χ4n) is 1.13. The van der Waals surface area contributed by atoms with Crippen LogP contribution >= 0.6 is 0 Å². The molecule has 0 radical (unpaired) electrons. The minimum absolute atomic E-state index is 0.0750. The Morgan fingerprint density at radius 2 is 2.18 bits per heavy atom. The molecular formula is C11H15F2N3O. The van der Waals surface area contributed by atoms with Gasteiger partial charge in [0, 0.05) is 18.7 Å². The number of halogens is 2. The lowest BCUT2D eigenvalue weighted by atomic mass is 10.2. The van der Waals surface area contributed by atoms with Crippen LogP contribution < -0.4 is 16.4 Å². The zero-order valence-corrected chi connectivity index (χ0v) is 9.47. The molecule has 2 amide bonds. The van der Waals surface area contributed by atoms with Gasteiger partial charge in [0.25, 0.3) is 0 Å². The number of nitrogens with two attached hydrogens (primary N) is 1. The van der Waals surface area contributed by atoms with E-state index in [2.05, 4.69) is 10.6 Å². The molecule has 0 aliphatic rings. The quantitative estimate of drug-likeness (QED) is 0.755. The second kappa shape index (κ2) is 6.15. The normalized spacial score (nSPS) is 12.0.